The molecule has 1 aromatic heterocycles. The Hall–Kier alpha value is -1.98. The van der Waals surface area contributed by atoms with Crippen LogP contribution in [0.2, 0.25) is 0 Å². The number of benzene rings is 1. The monoisotopic (exact) mass is 273 g/mol. The van der Waals surface area contributed by atoms with Crippen LogP contribution in [0.3, 0.4) is 0 Å². The van der Waals surface area contributed by atoms with E-state index in [9.17, 15) is 9.90 Å². The summed E-state index contributed by atoms with van der Waals surface area (Å²) in [5.74, 6) is -0.887. The van der Waals surface area contributed by atoms with Crippen LogP contribution in [0.5, 0.6) is 0 Å². The standard InChI is InChI=1S/C15H19N3O2/c1-18(2)8-7-17-14(15(19)20)13-10-16-9-11-5-3-4-6-12(11)13/h3-6,9-10,14,17H,7-8H2,1-2H3,(H,19,20). The second-order valence-corrected chi connectivity index (χ2v) is 4.98. The summed E-state index contributed by atoms with van der Waals surface area (Å²) in [6.07, 6.45) is 3.38. The van der Waals surface area contributed by atoms with Gasteiger partial charge in [0.15, 0.2) is 0 Å². The van der Waals surface area contributed by atoms with Crippen molar-refractivity contribution in [2.75, 3.05) is 27.2 Å². The van der Waals surface area contributed by atoms with Crippen molar-refractivity contribution in [1.82, 2.24) is 15.2 Å². The van der Waals surface area contributed by atoms with Crippen molar-refractivity contribution >= 4 is 16.7 Å². The van der Waals surface area contributed by atoms with Gasteiger partial charge in [-0.15, -0.1) is 0 Å². The van der Waals surface area contributed by atoms with Gasteiger partial charge in [-0.25, -0.2) is 0 Å². The molecule has 0 saturated carbocycles. The molecule has 0 fully saturated rings. The van der Waals surface area contributed by atoms with Gasteiger partial charge in [0.05, 0.1) is 0 Å². The predicted octanol–water partition coefficient (Wildman–Crippen LogP) is 1.51. The number of carboxylic acids is 1. The highest BCUT2D eigenvalue weighted by atomic mass is 16.4. The fraction of sp³-hybridized carbons (Fsp3) is 0.333. The molecule has 5 nitrogen and oxygen atoms in total. The van der Waals surface area contributed by atoms with Gasteiger partial charge in [-0.2, -0.15) is 0 Å². The van der Waals surface area contributed by atoms with Crippen LogP contribution >= 0.6 is 0 Å². The summed E-state index contributed by atoms with van der Waals surface area (Å²) >= 11 is 0. The van der Waals surface area contributed by atoms with Crippen LogP contribution in [-0.2, 0) is 4.79 Å². The maximum absolute atomic E-state index is 11.5. The molecule has 0 spiro atoms. The molecule has 0 aliphatic heterocycles. The van der Waals surface area contributed by atoms with Crippen molar-refractivity contribution in [2.45, 2.75) is 6.04 Å². The van der Waals surface area contributed by atoms with Crippen LogP contribution < -0.4 is 5.32 Å². The van der Waals surface area contributed by atoms with E-state index in [4.69, 9.17) is 0 Å². The molecule has 5 heteroatoms. The van der Waals surface area contributed by atoms with E-state index in [-0.39, 0.29) is 0 Å². The Morgan fingerprint density at radius 1 is 1.35 bits per heavy atom. The highest BCUT2D eigenvalue weighted by Crippen LogP contribution is 2.23. The summed E-state index contributed by atoms with van der Waals surface area (Å²) in [4.78, 5) is 17.7. The summed E-state index contributed by atoms with van der Waals surface area (Å²) in [5.41, 5.74) is 0.703. The van der Waals surface area contributed by atoms with Crippen molar-refractivity contribution in [3.63, 3.8) is 0 Å². The van der Waals surface area contributed by atoms with Crippen LogP contribution in [0.4, 0.5) is 0 Å². The first kappa shape index (κ1) is 14.4. The summed E-state index contributed by atoms with van der Waals surface area (Å²) in [7, 11) is 3.91. The molecule has 1 unspecified atom stereocenters. The molecule has 0 radical (unpaired) electrons. The van der Waals surface area contributed by atoms with E-state index in [2.05, 4.69) is 10.3 Å². The lowest BCUT2D eigenvalue weighted by atomic mass is 10.0. The Morgan fingerprint density at radius 3 is 2.80 bits per heavy atom. The smallest absolute Gasteiger partial charge is 0.325 e. The number of carboxylic acid groups (broad SMARTS) is 1. The molecule has 2 rings (SSSR count). The predicted molar refractivity (Wildman–Crippen MR) is 78.7 cm³/mol. The molecule has 1 heterocycles. The largest absolute Gasteiger partial charge is 0.480 e. The lowest BCUT2D eigenvalue weighted by molar-refractivity contribution is -0.139. The Bertz CT molecular complexity index is 593. The number of hydrogen-bond acceptors (Lipinski definition) is 4. The maximum Gasteiger partial charge on any atom is 0.325 e. The topological polar surface area (TPSA) is 65.5 Å². The summed E-state index contributed by atoms with van der Waals surface area (Å²) in [6, 6.07) is 6.95. The van der Waals surface area contributed by atoms with Gasteiger partial charge in [-0.3, -0.25) is 15.1 Å². The molecule has 20 heavy (non-hydrogen) atoms. The molecule has 0 bridgehead atoms. The minimum atomic E-state index is -0.887. The molecule has 0 aliphatic rings. The third-order valence-corrected chi connectivity index (χ3v) is 3.16. The zero-order valence-corrected chi connectivity index (χ0v) is 11.7. The SMILES string of the molecule is CN(C)CCNC(C(=O)O)c1cncc2ccccc12. The third kappa shape index (κ3) is 3.31. The normalized spacial score (nSPS) is 12.8. The lowest BCUT2D eigenvalue weighted by Crippen LogP contribution is -2.34. The molecule has 1 atom stereocenters. The highest BCUT2D eigenvalue weighted by molar-refractivity contribution is 5.89. The number of likely N-dealkylation sites (N-methyl/N-ethyl adjacent to an activating group) is 1. The van der Waals surface area contributed by atoms with Gasteiger partial charge < -0.3 is 10.0 Å². The van der Waals surface area contributed by atoms with Crippen LogP contribution in [0.25, 0.3) is 10.8 Å². The van der Waals surface area contributed by atoms with Gasteiger partial charge in [0.25, 0.3) is 0 Å². The minimum absolute atomic E-state index is 0.604. The van der Waals surface area contributed by atoms with Gasteiger partial charge in [-0.1, -0.05) is 24.3 Å². The minimum Gasteiger partial charge on any atom is -0.480 e. The third-order valence-electron chi connectivity index (χ3n) is 3.16. The van der Waals surface area contributed by atoms with Gasteiger partial charge >= 0.3 is 5.97 Å². The van der Waals surface area contributed by atoms with E-state index in [1.807, 2.05) is 43.3 Å². The van der Waals surface area contributed by atoms with Gasteiger partial charge in [0.1, 0.15) is 6.04 Å². The zero-order valence-electron chi connectivity index (χ0n) is 11.7. The lowest BCUT2D eigenvalue weighted by Gasteiger charge is -2.18. The zero-order chi connectivity index (χ0) is 14.5. The summed E-state index contributed by atoms with van der Waals surface area (Å²) in [5, 5.41) is 14.4. The Morgan fingerprint density at radius 2 is 2.10 bits per heavy atom. The van der Waals surface area contributed by atoms with Crippen LogP contribution in [0.1, 0.15) is 11.6 Å². The Balaban J connectivity index is 2.29. The molecule has 1 aromatic carbocycles. The van der Waals surface area contributed by atoms with E-state index >= 15 is 0 Å². The van der Waals surface area contributed by atoms with E-state index in [0.29, 0.717) is 12.1 Å². The molecule has 0 aliphatic carbocycles. The van der Waals surface area contributed by atoms with E-state index in [1.165, 1.54) is 0 Å². The number of aromatic nitrogens is 1. The van der Waals surface area contributed by atoms with Crippen molar-refractivity contribution < 1.29 is 9.90 Å². The number of hydrogen-bond donors (Lipinski definition) is 2. The van der Waals surface area contributed by atoms with Gasteiger partial charge in [0.2, 0.25) is 0 Å². The van der Waals surface area contributed by atoms with Gasteiger partial charge in [-0.05, 0) is 19.5 Å². The first-order chi connectivity index (χ1) is 9.59. The van der Waals surface area contributed by atoms with E-state index in [1.54, 1.807) is 12.4 Å². The van der Waals surface area contributed by atoms with Crippen molar-refractivity contribution in [3.8, 4) is 0 Å². The molecule has 0 saturated heterocycles. The summed E-state index contributed by atoms with van der Waals surface area (Å²) < 4.78 is 0. The van der Waals surface area contributed by atoms with E-state index in [0.717, 1.165) is 17.3 Å². The molecular weight excluding hydrogens is 254 g/mol. The number of aliphatic carboxylic acids is 1. The first-order valence-electron chi connectivity index (χ1n) is 6.53. The van der Waals surface area contributed by atoms with Crippen molar-refractivity contribution in [3.05, 3.63) is 42.2 Å². The number of rotatable bonds is 6. The molecule has 2 aromatic rings. The molecular formula is C15H19N3O2. The van der Waals surface area contributed by atoms with Gasteiger partial charge in [0, 0.05) is 36.4 Å². The first-order valence-corrected chi connectivity index (χ1v) is 6.53. The number of nitrogens with zero attached hydrogens (tertiary/aromatic N) is 2. The number of fused-ring (bicyclic) bond motifs is 1. The fourth-order valence-electron chi connectivity index (χ4n) is 2.13. The Labute approximate surface area is 118 Å². The second kappa shape index (κ2) is 6.45. The van der Waals surface area contributed by atoms with E-state index < -0.39 is 12.0 Å². The molecule has 0 amide bonds. The van der Waals surface area contributed by atoms with Crippen molar-refractivity contribution in [1.29, 1.82) is 0 Å². The average molecular weight is 273 g/mol. The highest BCUT2D eigenvalue weighted by Gasteiger charge is 2.21. The maximum atomic E-state index is 11.5. The Kier molecular flexibility index (Phi) is 4.65. The van der Waals surface area contributed by atoms with Crippen molar-refractivity contribution in [2.24, 2.45) is 0 Å². The average Bonchev–Trinajstić information content (AvgIpc) is 2.42. The van der Waals surface area contributed by atoms with Crippen LogP contribution in [0, 0.1) is 0 Å². The molecule has 2 N–H and O–H groups in total. The summed E-state index contributed by atoms with van der Waals surface area (Å²) in [6.45, 7) is 1.38. The molecule has 106 valence electrons. The second-order valence-electron chi connectivity index (χ2n) is 4.98. The number of carbonyl (C=O) groups is 1. The number of nitrogens with one attached hydrogen (secondary N) is 1. The number of pyridine rings is 1. The van der Waals surface area contributed by atoms with Crippen LogP contribution in [0.15, 0.2) is 36.7 Å². The fourth-order valence-corrected chi connectivity index (χ4v) is 2.13. The van der Waals surface area contributed by atoms with Crippen LogP contribution in [-0.4, -0.2) is 48.1 Å². The quantitative estimate of drug-likeness (QED) is 0.835.